The Bertz CT molecular complexity index is 1650. The maximum absolute atomic E-state index is 12.8. The Balaban J connectivity index is 4.94. The molecule has 0 aliphatic heterocycles. The summed E-state index contributed by atoms with van der Waals surface area (Å²) in [7, 11) is -4.78. The molecule has 68 heavy (non-hydrogen) atoms. The number of carbonyl (C=O) groups excluding carboxylic acids is 3. The minimum absolute atomic E-state index is 0.0271. The number of carbonyl (C=O) groups is 3. The maximum atomic E-state index is 12.8. The molecular weight excluding hydrogens is 880 g/mol. The summed E-state index contributed by atoms with van der Waals surface area (Å²) >= 11 is 0. The van der Waals surface area contributed by atoms with Gasteiger partial charge in [0.25, 0.3) is 0 Å². The van der Waals surface area contributed by atoms with Crippen LogP contribution in [0.4, 0.5) is 0 Å². The van der Waals surface area contributed by atoms with E-state index in [0.717, 1.165) is 96.3 Å². The second-order valence-corrected chi connectivity index (χ2v) is 17.3. The van der Waals surface area contributed by atoms with Crippen LogP contribution < -0.4 is 0 Å². The number of ether oxygens (including phenoxy) is 3. The molecule has 0 saturated heterocycles. The first-order chi connectivity index (χ1) is 33.2. The van der Waals surface area contributed by atoms with Gasteiger partial charge in [-0.25, -0.2) is 4.57 Å². The molecule has 12 heteroatoms. The third-order valence-corrected chi connectivity index (χ3v) is 10.5. The number of phosphoric ester groups is 1. The average molecular weight is 967 g/mol. The summed E-state index contributed by atoms with van der Waals surface area (Å²) in [4.78, 5) is 48.2. The van der Waals surface area contributed by atoms with Crippen LogP contribution in [-0.2, 0) is 42.2 Å². The molecule has 0 rings (SSSR count). The van der Waals surface area contributed by atoms with Gasteiger partial charge in [-0.05, 0) is 116 Å². The highest BCUT2D eigenvalue weighted by Crippen LogP contribution is 2.43. The van der Waals surface area contributed by atoms with E-state index in [4.69, 9.17) is 23.3 Å². The normalized spacial score (nSPS) is 14.6. The van der Waals surface area contributed by atoms with Crippen LogP contribution in [0.25, 0.3) is 0 Å². The van der Waals surface area contributed by atoms with Gasteiger partial charge in [0.1, 0.15) is 12.7 Å². The smallest absolute Gasteiger partial charge is 0.462 e. The van der Waals surface area contributed by atoms with E-state index >= 15 is 0 Å². The van der Waals surface area contributed by atoms with Crippen molar-refractivity contribution in [3.05, 3.63) is 134 Å². The molecule has 0 spiro atoms. The maximum Gasteiger partial charge on any atom is 0.472 e. The highest BCUT2D eigenvalue weighted by molar-refractivity contribution is 7.47. The van der Waals surface area contributed by atoms with Crippen molar-refractivity contribution in [2.75, 3.05) is 26.4 Å². The predicted octanol–water partition coefficient (Wildman–Crippen LogP) is 14.2. The summed E-state index contributed by atoms with van der Waals surface area (Å²) in [5.41, 5.74) is 0. The van der Waals surface area contributed by atoms with Gasteiger partial charge in [-0.15, -0.1) is 0 Å². The van der Waals surface area contributed by atoms with Gasteiger partial charge in [-0.1, -0.05) is 161 Å². The SMILES string of the molecule is CC/C=C\C/C=C\C/C=C\C/C=C\CCCCC(=O)OCC(COP(=O)(O)OCC(CO)OC(=O)CCCCC/C=C\C/C=C\C/C=C\CC)OC(=O)CC/C=C\C/C=C\C/C=C\C/C=C\CC. The standard InChI is InChI=1S/C56H87O11P/c1-4-7-10-13-16-19-22-25-26-29-30-33-36-39-42-45-54(58)63-49-53(67-56(60)47-44-41-38-35-32-28-24-21-18-15-12-9-6-3)51-65-68(61,62)64-50-52(48-57)66-55(59)46-43-40-37-34-31-27-23-20-17-14-11-8-5-2/h7-12,16-21,25-28,30-33,38,41,52-53,57H,4-6,13-15,22-24,29,34-37,39-40,42-51H2,1-3H3,(H,61,62)/b10-7-,11-8-,12-9-,19-16-,20-17-,21-18-,26-25-,31-27-,32-28-,33-30-,41-38-. The highest BCUT2D eigenvalue weighted by atomic mass is 31.2. The Labute approximate surface area is 410 Å². The number of unbranched alkanes of at least 4 members (excludes halogenated alkanes) is 5. The summed E-state index contributed by atoms with van der Waals surface area (Å²) in [5.74, 6) is -1.67. The fourth-order valence-corrected chi connectivity index (χ4v) is 6.63. The molecule has 0 aromatic carbocycles. The molecule has 0 saturated carbocycles. The summed E-state index contributed by atoms with van der Waals surface area (Å²) in [6, 6.07) is 0. The van der Waals surface area contributed by atoms with Crippen LogP contribution in [0.15, 0.2) is 134 Å². The van der Waals surface area contributed by atoms with E-state index in [1.807, 2.05) is 18.2 Å². The average Bonchev–Trinajstić information content (AvgIpc) is 3.32. The molecule has 0 aliphatic carbocycles. The molecular formula is C56H87O11P. The molecule has 0 heterocycles. The van der Waals surface area contributed by atoms with E-state index in [1.54, 1.807) is 0 Å². The summed E-state index contributed by atoms with van der Waals surface area (Å²) in [6.45, 7) is 4.08. The molecule has 0 aliphatic rings. The molecule has 0 aromatic heterocycles. The van der Waals surface area contributed by atoms with Gasteiger partial charge in [0.05, 0.1) is 19.8 Å². The quantitative estimate of drug-likeness (QED) is 0.0197. The monoisotopic (exact) mass is 967 g/mol. The van der Waals surface area contributed by atoms with E-state index in [1.165, 1.54) is 0 Å². The molecule has 382 valence electrons. The van der Waals surface area contributed by atoms with Crippen LogP contribution in [0.2, 0.25) is 0 Å². The zero-order valence-corrected chi connectivity index (χ0v) is 42.7. The third-order valence-electron chi connectivity index (χ3n) is 9.56. The highest BCUT2D eigenvalue weighted by Gasteiger charge is 2.28. The molecule has 0 bridgehead atoms. The molecule has 0 aromatic rings. The minimum Gasteiger partial charge on any atom is -0.462 e. The van der Waals surface area contributed by atoms with Crippen molar-refractivity contribution in [2.45, 2.75) is 174 Å². The number of rotatable bonds is 44. The van der Waals surface area contributed by atoms with Crippen LogP contribution in [0.5, 0.6) is 0 Å². The van der Waals surface area contributed by atoms with Crippen LogP contribution in [0.1, 0.15) is 162 Å². The molecule has 2 N–H and O–H groups in total. The van der Waals surface area contributed by atoms with Crippen molar-refractivity contribution in [3.63, 3.8) is 0 Å². The topological polar surface area (TPSA) is 155 Å². The summed E-state index contributed by atoms with van der Waals surface area (Å²) in [6.07, 6.45) is 60.2. The largest absolute Gasteiger partial charge is 0.472 e. The summed E-state index contributed by atoms with van der Waals surface area (Å²) < 4.78 is 39.1. The lowest BCUT2D eigenvalue weighted by Crippen LogP contribution is -2.30. The first-order valence-corrected chi connectivity index (χ1v) is 26.6. The van der Waals surface area contributed by atoms with E-state index in [0.29, 0.717) is 25.7 Å². The number of aliphatic hydroxyl groups is 1. The number of aliphatic hydroxyl groups excluding tert-OH is 1. The lowest BCUT2D eigenvalue weighted by Gasteiger charge is -2.21. The van der Waals surface area contributed by atoms with Crippen LogP contribution in [0, 0.1) is 0 Å². The third kappa shape index (κ3) is 46.7. The second kappa shape index (κ2) is 49.1. The number of phosphoric acid groups is 1. The Kier molecular flexibility index (Phi) is 45.9. The molecule has 0 radical (unpaired) electrons. The van der Waals surface area contributed by atoms with E-state index in [2.05, 4.69) is 136 Å². The zero-order valence-electron chi connectivity index (χ0n) is 41.8. The fourth-order valence-electron chi connectivity index (χ4n) is 5.84. The van der Waals surface area contributed by atoms with Gasteiger partial charge in [0.2, 0.25) is 0 Å². The van der Waals surface area contributed by atoms with Crippen molar-refractivity contribution in [2.24, 2.45) is 0 Å². The van der Waals surface area contributed by atoms with Gasteiger partial charge in [-0.2, -0.15) is 0 Å². The second-order valence-electron chi connectivity index (χ2n) is 15.8. The van der Waals surface area contributed by atoms with Crippen LogP contribution in [0.3, 0.4) is 0 Å². The number of hydrogen-bond donors (Lipinski definition) is 2. The Morgan fingerprint density at radius 1 is 0.412 bits per heavy atom. The number of hydrogen-bond acceptors (Lipinski definition) is 10. The Hall–Kier alpha value is -4.38. The van der Waals surface area contributed by atoms with Gasteiger partial charge in [0, 0.05) is 19.3 Å². The summed E-state index contributed by atoms with van der Waals surface area (Å²) in [5, 5.41) is 9.76. The zero-order chi connectivity index (χ0) is 49.9. The van der Waals surface area contributed by atoms with Crippen LogP contribution in [-0.4, -0.2) is 66.5 Å². The van der Waals surface area contributed by atoms with Gasteiger partial charge in [-0.3, -0.25) is 23.4 Å². The molecule has 0 amide bonds. The fraction of sp³-hybridized carbons (Fsp3) is 0.554. The lowest BCUT2D eigenvalue weighted by atomic mass is 10.1. The molecule has 0 fully saturated rings. The van der Waals surface area contributed by atoms with Crippen molar-refractivity contribution >= 4 is 25.7 Å². The molecule has 3 atom stereocenters. The van der Waals surface area contributed by atoms with Gasteiger partial charge < -0.3 is 24.2 Å². The Morgan fingerprint density at radius 2 is 0.750 bits per heavy atom. The first kappa shape index (κ1) is 63.6. The van der Waals surface area contributed by atoms with Crippen molar-refractivity contribution in [1.82, 2.24) is 0 Å². The molecule has 11 nitrogen and oxygen atoms in total. The van der Waals surface area contributed by atoms with Crippen molar-refractivity contribution in [3.8, 4) is 0 Å². The van der Waals surface area contributed by atoms with Crippen molar-refractivity contribution in [1.29, 1.82) is 0 Å². The lowest BCUT2D eigenvalue weighted by molar-refractivity contribution is -0.161. The predicted molar refractivity (Wildman–Crippen MR) is 279 cm³/mol. The van der Waals surface area contributed by atoms with Gasteiger partial charge in [0.15, 0.2) is 6.10 Å². The Morgan fingerprint density at radius 3 is 1.19 bits per heavy atom. The van der Waals surface area contributed by atoms with E-state index < -0.39 is 64.4 Å². The van der Waals surface area contributed by atoms with Crippen molar-refractivity contribution < 1.29 is 52.2 Å². The molecule has 3 unspecified atom stereocenters. The van der Waals surface area contributed by atoms with E-state index in [-0.39, 0.29) is 19.3 Å². The number of allylic oxidation sites excluding steroid dienone is 22. The van der Waals surface area contributed by atoms with Gasteiger partial charge >= 0.3 is 25.7 Å². The van der Waals surface area contributed by atoms with E-state index in [9.17, 15) is 28.9 Å². The van der Waals surface area contributed by atoms with Crippen LogP contribution >= 0.6 is 7.82 Å². The number of esters is 3. The minimum atomic E-state index is -4.78. The first-order valence-electron chi connectivity index (χ1n) is 25.1.